The number of hydrogen-bond donors (Lipinski definition) is 3. The summed E-state index contributed by atoms with van der Waals surface area (Å²) in [7, 11) is 0. The van der Waals surface area contributed by atoms with Crippen molar-refractivity contribution in [2.45, 2.75) is 32.6 Å². The number of benzene rings is 1. The molecule has 3 heterocycles. The average Bonchev–Trinajstić information content (AvgIpc) is 3.06. The second-order valence-corrected chi connectivity index (χ2v) is 8.61. The molecule has 8 heteroatoms. The lowest BCUT2D eigenvalue weighted by molar-refractivity contribution is -0.118. The zero-order chi connectivity index (χ0) is 19.6. The van der Waals surface area contributed by atoms with Gasteiger partial charge in [0.25, 0.3) is 5.56 Å². The molecule has 0 amide bonds. The van der Waals surface area contributed by atoms with Gasteiger partial charge in [-0.1, -0.05) is 19.9 Å². The lowest BCUT2D eigenvalue weighted by Gasteiger charge is -2.38. The molecule has 1 aliphatic carbocycles. The first kappa shape index (κ1) is 17.2. The number of rotatable bonds is 1. The van der Waals surface area contributed by atoms with Gasteiger partial charge in [-0.25, -0.2) is 0 Å². The van der Waals surface area contributed by atoms with E-state index in [1.807, 2.05) is 18.2 Å². The van der Waals surface area contributed by atoms with Gasteiger partial charge in [0.1, 0.15) is 5.82 Å². The minimum absolute atomic E-state index is 0.0499. The van der Waals surface area contributed by atoms with E-state index in [2.05, 4.69) is 29.1 Å². The molecule has 7 nitrogen and oxygen atoms in total. The van der Waals surface area contributed by atoms with Crippen LogP contribution in [0.2, 0.25) is 0 Å². The summed E-state index contributed by atoms with van der Waals surface area (Å²) in [6.07, 6.45) is 1.15. The maximum absolute atomic E-state index is 13.2. The van der Waals surface area contributed by atoms with Crippen LogP contribution in [0.3, 0.4) is 0 Å². The molecule has 0 spiro atoms. The molecule has 1 aromatic carbocycles. The van der Waals surface area contributed by atoms with Crippen molar-refractivity contribution < 1.29 is 14.3 Å². The van der Waals surface area contributed by atoms with E-state index in [4.69, 9.17) is 21.7 Å². The summed E-state index contributed by atoms with van der Waals surface area (Å²) in [5, 5.41) is 3.28. The highest BCUT2D eigenvalue weighted by molar-refractivity contribution is 7.71. The molecule has 0 saturated carbocycles. The quantitative estimate of drug-likeness (QED) is 0.639. The molecular weight excluding hydrogens is 378 g/mol. The van der Waals surface area contributed by atoms with Crippen LogP contribution in [0.5, 0.6) is 11.5 Å². The van der Waals surface area contributed by atoms with Crippen LogP contribution in [0.1, 0.15) is 43.7 Å². The molecule has 0 saturated heterocycles. The van der Waals surface area contributed by atoms with Gasteiger partial charge in [0.2, 0.25) is 6.79 Å². The molecule has 3 aliphatic rings. The van der Waals surface area contributed by atoms with E-state index >= 15 is 0 Å². The van der Waals surface area contributed by atoms with Crippen molar-refractivity contribution in [2.75, 3.05) is 12.1 Å². The van der Waals surface area contributed by atoms with Gasteiger partial charge in [-0.15, -0.1) is 0 Å². The Morgan fingerprint density at radius 2 is 1.89 bits per heavy atom. The molecule has 28 heavy (non-hydrogen) atoms. The minimum Gasteiger partial charge on any atom is -0.454 e. The van der Waals surface area contributed by atoms with Crippen molar-refractivity contribution in [1.82, 2.24) is 9.97 Å². The standard InChI is InChI=1S/C20H19N3O4S/c1-20(2)6-10-15(11(24)7-20)14(9-3-4-12-13(5-9)27-8-26-12)16-17(21-10)22-19(28)23-18(16)25/h3-5,14H,6-8H2,1-2H3,(H3,21,22,23,25,28)/t14-/m0/s1. The van der Waals surface area contributed by atoms with E-state index in [1.54, 1.807) is 0 Å². The van der Waals surface area contributed by atoms with Crippen LogP contribution in [-0.2, 0) is 4.79 Å². The van der Waals surface area contributed by atoms with Gasteiger partial charge in [-0.05, 0) is 41.7 Å². The van der Waals surface area contributed by atoms with Crippen molar-refractivity contribution in [1.29, 1.82) is 0 Å². The first-order valence-electron chi connectivity index (χ1n) is 9.12. The van der Waals surface area contributed by atoms with Crippen LogP contribution < -0.4 is 20.3 Å². The first-order valence-corrected chi connectivity index (χ1v) is 9.52. The lowest BCUT2D eigenvalue weighted by atomic mass is 9.69. The monoisotopic (exact) mass is 397 g/mol. The molecule has 1 aromatic heterocycles. The fourth-order valence-corrected chi connectivity index (χ4v) is 4.57. The minimum atomic E-state index is -0.500. The Morgan fingerprint density at radius 3 is 2.71 bits per heavy atom. The number of ketones is 1. The summed E-state index contributed by atoms with van der Waals surface area (Å²) in [5.41, 5.74) is 2.29. The second kappa shape index (κ2) is 5.81. The van der Waals surface area contributed by atoms with Crippen LogP contribution in [0.15, 0.2) is 34.3 Å². The predicted molar refractivity (Wildman–Crippen MR) is 105 cm³/mol. The SMILES string of the molecule is CC1(C)CC(=O)C2=C(C1)Nc1[nH]c(=S)[nH]c(=O)c1[C@H]2c1ccc2c(c1)OCO2. The molecule has 0 bridgehead atoms. The number of hydrogen-bond acceptors (Lipinski definition) is 6. The highest BCUT2D eigenvalue weighted by atomic mass is 32.1. The molecule has 0 unspecified atom stereocenters. The third kappa shape index (κ3) is 2.59. The van der Waals surface area contributed by atoms with E-state index in [9.17, 15) is 9.59 Å². The van der Waals surface area contributed by atoms with Crippen molar-refractivity contribution >= 4 is 23.8 Å². The number of carbonyl (C=O) groups is 1. The van der Waals surface area contributed by atoms with Crippen LogP contribution in [0.25, 0.3) is 0 Å². The summed E-state index contributed by atoms with van der Waals surface area (Å²) >= 11 is 5.15. The fraction of sp³-hybridized carbons (Fsp3) is 0.350. The maximum atomic E-state index is 13.2. The molecular formula is C20H19N3O4S. The Bertz CT molecular complexity index is 1170. The third-order valence-electron chi connectivity index (χ3n) is 5.48. The Morgan fingerprint density at radius 1 is 1.11 bits per heavy atom. The molecule has 1 atom stereocenters. The zero-order valence-electron chi connectivity index (χ0n) is 15.5. The summed E-state index contributed by atoms with van der Waals surface area (Å²) in [6.45, 7) is 4.30. The molecule has 3 N–H and O–H groups in total. The van der Waals surface area contributed by atoms with Crippen LogP contribution >= 0.6 is 12.2 Å². The summed E-state index contributed by atoms with van der Waals surface area (Å²) in [5.74, 6) is 1.36. The third-order valence-corrected chi connectivity index (χ3v) is 5.69. The van der Waals surface area contributed by atoms with Gasteiger partial charge >= 0.3 is 0 Å². The van der Waals surface area contributed by atoms with Crippen molar-refractivity contribution in [2.24, 2.45) is 5.41 Å². The molecule has 2 aromatic rings. The largest absolute Gasteiger partial charge is 0.454 e. The molecule has 5 rings (SSSR count). The number of anilines is 1. The molecule has 144 valence electrons. The number of aromatic amines is 2. The van der Waals surface area contributed by atoms with Crippen molar-refractivity contribution in [3.8, 4) is 11.5 Å². The number of Topliss-reactive ketones (excluding diaryl/α,β-unsaturated/α-hetero) is 1. The summed E-state index contributed by atoms with van der Waals surface area (Å²) in [4.78, 5) is 31.7. The topological polar surface area (TPSA) is 96.2 Å². The number of aromatic nitrogens is 2. The van der Waals surface area contributed by atoms with Crippen molar-refractivity contribution in [3.63, 3.8) is 0 Å². The first-order chi connectivity index (χ1) is 13.3. The lowest BCUT2D eigenvalue weighted by Crippen LogP contribution is -2.36. The Balaban J connectivity index is 1.77. The number of fused-ring (bicyclic) bond motifs is 2. The molecule has 0 fully saturated rings. The van der Waals surface area contributed by atoms with Gasteiger partial charge in [-0.3, -0.25) is 14.6 Å². The Kier molecular flexibility index (Phi) is 3.58. The average molecular weight is 397 g/mol. The number of H-pyrrole nitrogens is 2. The maximum Gasteiger partial charge on any atom is 0.257 e. The predicted octanol–water partition coefficient (Wildman–Crippen LogP) is 3.36. The van der Waals surface area contributed by atoms with Crippen LogP contribution in [0.4, 0.5) is 5.82 Å². The van der Waals surface area contributed by atoms with Crippen LogP contribution in [-0.4, -0.2) is 22.5 Å². The van der Waals surface area contributed by atoms with Gasteiger partial charge in [0.05, 0.1) is 5.56 Å². The second-order valence-electron chi connectivity index (χ2n) is 8.20. The van der Waals surface area contributed by atoms with E-state index in [0.29, 0.717) is 41.3 Å². The number of carbonyl (C=O) groups excluding carboxylic acids is 1. The van der Waals surface area contributed by atoms with Crippen LogP contribution in [0, 0.1) is 10.2 Å². The highest BCUT2D eigenvalue weighted by Gasteiger charge is 2.42. The fourth-order valence-electron chi connectivity index (χ4n) is 4.37. The van der Waals surface area contributed by atoms with Gasteiger partial charge in [0.15, 0.2) is 22.1 Å². The smallest absolute Gasteiger partial charge is 0.257 e. The Labute approximate surface area is 165 Å². The van der Waals surface area contributed by atoms with E-state index in [1.165, 1.54) is 0 Å². The number of nitrogens with one attached hydrogen (secondary N) is 3. The summed E-state index contributed by atoms with van der Waals surface area (Å²) < 4.78 is 11.2. The van der Waals surface area contributed by atoms with E-state index < -0.39 is 5.92 Å². The van der Waals surface area contributed by atoms with E-state index in [0.717, 1.165) is 11.3 Å². The zero-order valence-corrected chi connectivity index (χ0v) is 16.3. The van der Waals surface area contributed by atoms with Gasteiger partial charge in [0, 0.05) is 23.6 Å². The highest BCUT2D eigenvalue weighted by Crippen LogP contribution is 2.48. The molecule has 0 radical (unpaired) electrons. The molecule has 2 aliphatic heterocycles. The normalized spacial score (nSPS) is 21.8. The summed E-state index contributed by atoms with van der Waals surface area (Å²) in [6, 6.07) is 5.54. The van der Waals surface area contributed by atoms with Crippen molar-refractivity contribution in [3.05, 3.63) is 55.7 Å². The van der Waals surface area contributed by atoms with Gasteiger partial charge in [-0.2, -0.15) is 0 Å². The number of allylic oxidation sites excluding steroid dienone is 2. The van der Waals surface area contributed by atoms with Gasteiger partial charge < -0.3 is 19.8 Å². The van der Waals surface area contributed by atoms with E-state index in [-0.39, 0.29) is 28.3 Å². The Hall–Kier alpha value is -2.87. The number of ether oxygens (including phenoxy) is 2.